The van der Waals surface area contributed by atoms with E-state index >= 15 is 0 Å². The van der Waals surface area contributed by atoms with Crippen molar-refractivity contribution >= 4 is 23.6 Å². The summed E-state index contributed by atoms with van der Waals surface area (Å²) in [6.45, 7) is 5.81. The number of carbonyl (C=O) groups excluding carboxylic acids is 1. The monoisotopic (exact) mass is 269 g/mol. The van der Waals surface area contributed by atoms with Crippen LogP contribution in [0.2, 0.25) is 0 Å². The van der Waals surface area contributed by atoms with Gasteiger partial charge in [-0.05, 0) is 26.7 Å². The molecule has 0 aliphatic carbocycles. The van der Waals surface area contributed by atoms with Crippen molar-refractivity contribution in [3.8, 4) is 0 Å². The lowest BCUT2D eigenvalue weighted by Crippen LogP contribution is -2.29. The molecule has 0 aromatic carbocycles. The van der Waals surface area contributed by atoms with Crippen LogP contribution in [-0.2, 0) is 4.79 Å². The molecule has 2 heterocycles. The molecular formula is C11H19N5OS. The van der Waals surface area contributed by atoms with E-state index in [-0.39, 0.29) is 11.9 Å². The quantitative estimate of drug-likeness (QED) is 0.830. The number of amides is 1. The van der Waals surface area contributed by atoms with Crippen LogP contribution in [0.25, 0.3) is 0 Å². The third kappa shape index (κ3) is 2.77. The van der Waals surface area contributed by atoms with Gasteiger partial charge in [-0.25, -0.2) is 0 Å². The Kier molecular flexibility index (Phi) is 4.11. The van der Waals surface area contributed by atoms with Crippen LogP contribution in [0.3, 0.4) is 0 Å². The number of carbonyl (C=O) groups is 1. The first kappa shape index (κ1) is 13.2. The Morgan fingerprint density at radius 3 is 2.67 bits per heavy atom. The molecule has 100 valence electrons. The van der Waals surface area contributed by atoms with Crippen molar-refractivity contribution < 1.29 is 4.79 Å². The summed E-state index contributed by atoms with van der Waals surface area (Å²) >= 11 is 1.41. The van der Waals surface area contributed by atoms with Gasteiger partial charge in [-0.15, -0.1) is 10.2 Å². The van der Waals surface area contributed by atoms with Gasteiger partial charge in [0, 0.05) is 19.1 Å². The molecule has 1 aromatic rings. The zero-order valence-corrected chi connectivity index (χ0v) is 11.6. The van der Waals surface area contributed by atoms with Crippen molar-refractivity contribution in [1.29, 1.82) is 0 Å². The molecule has 1 aliphatic heterocycles. The van der Waals surface area contributed by atoms with Crippen LogP contribution >= 0.6 is 11.8 Å². The maximum absolute atomic E-state index is 11.9. The van der Waals surface area contributed by atoms with E-state index in [1.54, 1.807) is 0 Å². The predicted molar refractivity (Wildman–Crippen MR) is 71.4 cm³/mol. The zero-order valence-electron chi connectivity index (χ0n) is 10.8. The number of hydrogen-bond donors (Lipinski definition) is 1. The van der Waals surface area contributed by atoms with E-state index in [9.17, 15) is 4.79 Å². The number of rotatable bonds is 4. The van der Waals surface area contributed by atoms with Gasteiger partial charge in [-0.3, -0.25) is 9.36 Å². The fraction of sp³-hybridized carbons (Fsp3) is 0.727. The standard InChI is InChI=1S/C11H19N5OS/c1-8(2)16-10(12)13-14-11(16)18-7-9(17)15-5-3-4-6-15/h8H,3-7H2,1-2H3,(H2,12,13). The maximum Gasteiger partial charge on any atom is 0.233 e. The molecular weight excluding hydrogens is 250 g/mol. The summed E-state index contributed by atoms with van der Waals surface area (Å²) in [7, 11) is 0. The molecule has 1 aliphatic rings. The number of thioether (sulfide) groups is 1. The Labute approximate surface area is 111 Å². The molecule has 0 saturated carbocycles. The first-order chi connectivity index (χ1) is 8.59. The normalized spacial score (nSPS) is 15.6. The second kappa shape index (κ2) is 5.60. The highest BCUT2D eigenvalue weighted by Crippen LogP contribution is 2.23. The minimum absolute atomic E-state index is 0.175. The molecule has 2 rings (SSSR count). The molecule has 1 amide bonds. The minimum Gasteiger partial charge on any atom is -0.368 e. The third-order valence-electron chi connectivity index (χ3n) is 2.99. The fourth-order valence-electron chi connectivity index (χ4n) is 2.06. The number of nitrogens with two attached hydrogens (primary N) is 1. The molecule has 7 heteroatoms. The summed E-state index contributed by atoms with van der Waals surface area (Å²) in [5.74, 6) is 0.987. The van der Waals surface area contributed by atoms with Crippen LogP contribution in [0.4, 0.5) is 5.95 Å². The lowest BCUT2D eigenvalue weighted by atomic mass is 10.4. The highest BCUT2D eigenvalue weighted by atomic mass is 32.2. The van der Waals surface area contributed by atoms with Crippen molar-refractivity contribution in [3.63, 3.8) is 0 Å². The largest absolute Gasteiger partial charge is 0.368 e. The van der Waals surface area contributed by atoms with Gasteiger partial charge < -0.3 is 10.6 Å². The van der Waals surface area contributed by atoms with Crippen LogP contribution in [0, 0.1) is 0 Å². The fourth-order valence-corrected chi connectivity index (χ4v) is 3.03. The molecule has 1 fully saturated rings. The lowest BCUT2D eigenvalue weighted by molar-refractivity contribution is -0.127. The smallest absolute Gasteiger partial charge is 0.233 e. The van der Waals surface area contributed by atoms with Gasteiger partial charge in [0.1, 0.15) is 0 Å². The topological polar surface area (TPSA) is 77.0 Å². The minimum atomic E-state index is 0.175. The van der Waals surface area contributed by atoms with Crippen LogP contribution in [-0.4, -0.2) is 44.4 Å². The Morgan fingerprint density at radius 1 is 1.39 bits per heavy atom. The second-order valence-electron chi connectivity index (χ2n) is 4.68. The Hall–Kier alpha value is -1.24. The first-order valence-electron chi connectivity index (χ1n) is 6.20. The zero-order chi connectivity index (χ0) is 13.1. The lowest BCUT2D eigenvalue weighted by Gasteiger charge is -2.15. The number of likely N-dealkylation sites (tertiary alicyclic amines) is 1. The molecule has 1 aromatic heterocycles. The van der Waals surface area contributed by atoms with Crippen molar-refractivity contribution in [2.45, 2.75) is 37.9 Å². The average Bonchev–Trinajstić information content (AvgIpc) is 2.94. The Bertz CT molecular complexity index is 425. The Balaban J connectivity index is 1.95. The van der Waals surface area contributed by atoms with Gasteiger partial charge in [0.15, 0.2) is 5.16 Å². The van der Waals surface area contributed by atoms with Gasteiger partial charge >= 0.3 is 0 Å². The van der Waals surface area contributed by atoms with Crippen LogP contribution < -0.4 is 5.73 Å². The second-order valence-corrected chi connectivity index (χ2v) is 5.62. The summed E-state index contributed by atoms with van der Waals surface area (Å²) in [6, 6.07) is 0.199. The van der Waals surface area contributed by atoms with Gasteiger partial charge in [0.25, 0.3) is 0 Å². The average molecular weight is 269 g/mol. The summed E-state index contributed by atoms with van der Waals surface area (Å²) in [6.07, 6.45) is 2.23. The van der Waals surface area contributed by atoms with Gasteiger partial charge in [-0.2, -0.15) is 0 Å². The molecule has 1 saturated heterocycles. The van der Waals surface area contributed by atoms with E-state index in [1.165, 1.54) is 11.8 Å². The van der Waals surface area contributed by atoms with Gasteiger partial charge in [0.2, 0.25) is 11.9 Å². The van der Waals surface area contributed by atoms with Crippen molar-refractivity contribution in [1.82, 2.24) is 19.7 Å². The highest BCUT2D eigenvalue weighted by molar-refractivity contribution is 7.99. The molecule has 0 unspecified atom stereocenters. The van der Waals surface area contributed by atoms with Crippen molar-refractivity contribution in [2.24, 2.45) is 0 Å². The molecule has 0 atom stereocenters. The number of anilines is 1. The van der Waals surface area contributed by atoms with Crippen LogP contribution in [0.15, 0.2) is 5.16 Å². The van der Waals surface area contributed by atoms with Gasteiger partial charge in [-0.1, -0.05) is 11.8 Å². The predicted octanol–water partition coefficient (Wildman–Crippen LogP) is 1.16. The third-order valence-corrected chi connectivity index (χ3v) is 3.92. The first-order valence-corrected chi connectivity index (χ1v) is 7.19. The van der Waals surface area contributed by atoms with E-state index in [1.807, 2.05) is 23.3 Å². The molecule has 0 radical (unpaired) electrons. The number of aromatic nitrogens is 3. The number of nitrogen functional groups attached to an aromatic ring is 1. The van der Waals surface area contributed by atoms with Gasteiger partial charge in [0.05, 0.1) is 5.75 Å². The van der Waals surface area contributed by atoms with Crippen molar-refractivity contribution in [2.75, 3.05) is 24.6 Å². The van der Waals surface area contributed by atoms with E-state index in [0.717, 1.165) is 31.1 Å². The molecule has 2 N–H and O–H groups in total. The molecule has 0 bridgehead atoms. The summed E-state index contributed by atoms with van der Waals surface area (Å²) < 4.78 is 1.85. The van der Waals surface area contributed by atoms with E-state index in [0.29, 0.717) is 11.7 Å². The summed E-state index contributed by atoms with van der Waals surface area (Å²) in [5.41, 5.74) is 5.75. The maximum atomic E-state index is 11.9. The highest BCUT2D eigenvalue weighted by Gasteiger charge is 2.20. The van der Waals surface area contributed by atoms with Crippen LogP contribution in [0.1, 0.15) is 32.7 Å². The Morgan fingerprint density at radius 2 is 2.06 bits per heavy atom. The van der Waals surface area contributed by atoms with E-state index < -0.39 is 0 Å². The van der Waals surface area contributed by atoms with Crippen LogP contribution in [0.5, 0.6) is 0 Å². The van der Waals surface area contributed by atoms with E-state index in [4.69, 9.17) is 5.73 Å². The summed E-state index contributed by atoms with van der Waals surface area (Å²) in [5, 5.41) is 8.59. The molecule has 0 spiro atoms. The summed E-state index contributed by atoms with van der Waals surface area (Å²) in [4.78, 5) is 13.8. The van der Waals surface area contributed by atoms with E-state index in [2.05, 4.69) is 10.2 Å². The number of nitrogens with zero attached hydrogens (tertiary/aromatic N) is 4. The SMILES string of the molecule is CC(C)n1c(N)nnc1SCC(=O)N1CCCC1. The number of hydrogen-bond acceptors (Lipinski definition) is 5. The van der Waals surface area contributed by atoms with Crippen molar-refractivity contribution in [3.05, 3.63) is 0 Å². The molecule has 6 nitrogen and oxygen atoms in total. The molecule has 18 heavy (non-hydrogen) atoms.